The number of rotatable bonds is 0. The third kappa shape index (κ3) is 0.210. The van der Waals surface area contributed by atoms with Gasteiger partial charge in [0.2, 0.25) is 0 Å². The van der Waals surface area contributed by atoms with Gasteiger partial charge in [-0.2, -0.15) is 0 Å². The molecule has 0 N–H and O–H groups in total. The van der Waals surface area contributed by atoms with Crippen LogP contribution in [0.25, 0.3) is 0 Å². The van der Waals surface area contributed by atoms with E-state index < -0.39 is 0 Å². The second-order valence-electron chi connectivity index (χ2n) is 0.895. The Morgan fingerprint density at radius 2 is 2.40 bits per heavy atom. The Bertz CT molecular complexity index is 65.3. The first-order valence-electron chi connectivity index (χ1n) is 1.37. The number of ether oxygens (including phenoxy) is 1. The Balaban J connectivity index is 2.51. The van der Waals surface area contributed by atoms with Gasteiger partial charge in [0.05, 0.1) is 6.26 Å². The van der Waals surface area contributed by atoms with Crippen molar-refractivity contribution >= 4 is 0 Å². The first kappa shape index (κ1) is 2.57. The third-order valence-electron chi connectivity index (χ3n) is 0.440. The fraction of sp³-hybridized carbons (Fsp3) is 0.333. The summed E-state index contributed by atoms with van der Waals surface area (Å²) in [6, 6.07) is 0. The third-order valence-corrected chi connectivity index (χ3v) is 0.440. The smallest absolute Gasteiger partial charge is 0.101 e. The van der Waals surface area contributed by atoms with Crippen LogP contribution in [0.4, 0.5) is 0 Å². The molecule has 0 aliphatic carbocycles. The van der Waals surface area contributed by atoms with Gasteiger partial charge >= 0.3 is 0 Å². The second-order valence-corrected chi connectivity index (χ2v) is 0.895. The molecule has 0 radical (unpaired) electrons. The summed E-state index contributed by atoms with van der Waals surface area (Å²) in [6.07, 6.45) is 1.21. The molecule has 2 nitrogen and oxygen atoms in total. The van der Waals surface area contributed by atoms with Crippen LogP contribution in [-0.4, -0.2) is 6.61 Å². The van der Waals surface area contributed by atoms with Crippen molar-refractivity contribution in [3.05, 3.63) is 12.0 Å². The van der Waals surface area contributed by atoms with Crippen molar-refractivity contribution in [3.63, 3.8) is 0 Å². The summed E-state index contributed by atoms with van der Waals surface area (Å²) in [5.41, 5.74) is 0. The molecule has 0 aromatic heterocycles. The van der Waals surface area contributed by atoms with E-state index in [4.69, 9.17) is 0 Å². The van der Waals surface area contributed by atoms with Crippen LogP contribution in [0.5, 0.6) is 0 Å². The summed E-state index contributed by atoms with van der Waals surface area (Å²) in [7, 11) is 0. The van der Waals surface area contributed by atoms with Gasteiger partial charge in [0.25, 0.3) is 0 Å². The van der Waals surface area contributed by atoms with Crippen LogP contribution >= 0.6 is 0 Å². The van der Waals surface area contributed by atoms with Crippen LogP contribution in [0.3, 0.4) is 0 Å². The quantitative estimate of drug-likeness (QED) is 0.375. The highest BCUT2D eigenvalue weighted by Gasteiger charge is 1.88. The molecule has 0 saturated heterocycles. The molecule has 0 aromatic carbocycles. The molecule has 0 bridgehead atoms. The molecule has 5 heavy (non-hydrogen) atoms. The van der Waals surface area contributed by atoms with E-state index in [0.717, 1.165) is 0 Å². The van der Waals surface area contributed by atoms with Gasteiger partial charge in [-0.25, -0.2) is 0 Å². The van der Waals surface area contributed by atoms with Gasteiger partial charge in [-0.1, -0.05) is 5.76 Å². The van der Waals surface area contributed by atoms with Gasteiger partial charge in [0, 0.05) is 0 Å². The van der Waals surface area contributed by atoms with E-state index in [2.05, 4.69) is 4.74 Å². The van der Waals surface area contributed by atoms with Crippen LogP contribution < -0.4 is 5.11 Å². The zero-order valence-corrected chi connectivity index (χ0v) is 2.60. The minimum absolute atomic E-state index is 0.0880. The Kier molecular flexibility index (Phi) is 0.330. The zero-order valence-electron chi connectivity index (χ0n) is 2.60. The molecular weight excluding hydrogens is 68.0 g/mol. The van der Waals surface area contributed by atoms with Crippen LogP contribution in [0.1, 0.15) is 0 Å². The highest BCUT2D eigenvalue weighted by molar-refractivity contribution is 4.90. The van der Waals surface area contributed by atoms with Crippen LogP contribution in [0.2, 0.25) is 0 Å². The first-order chi connectivity index (χ1) is 2.39. The molecule has 1 rings (SSSR count). The van der Waals surface area contributed by atoms with Gasteiger partial charge in [0.15, 0.2) is 0 Å². The Labute approximate surface area is 29.7 Å². The molecule has 0 aromatic rings. The lowest BCUT2D eigenvalue weighted by Gasteiger charge is -2.18. The molecule has 0 amide bonds. The summed E-state index contributed by atoms with van der Waals surface area (Å²) < 4.78 is 4.36. The minimum atomic E-state index is 0.0880. The zero-order chi connectivity index (χ0) is 3.70. The molecule has 0 fully saturated rings. The predicted octanol–water partition coefficient (Wildman–Crippen LogP) is -0.782. The van der Waals surface area contributed by atoms with Crippen molar-refractivity contribution in [2.45, 2.75) is 0 Å². The highest BCUT2D eigenvalue weighted by Crippen LogP contribution is 1.95. The summed E-state index contributed by atoms with van der Waals surface area (Å²) in [5, 5.41) is 9.72. The van der Waals surface area contributed by atoms with Crippen molar-refractivity contribution in [1.82, 2.24) is 0 Å². The lowest BCUT2D eigenvalue weighted by molar-refractivity contribution is -0.325. The molecule has 0 spiro atoms. The fourth-order valence-corrected chi connectivity index (χ4v) is 0.151. The van der Waals surface area contributed by atoms with Gasteiger partial charge in [-0.05, 0) is 0 Å². The molecule has 0 atom stereocenters. The molecule has 0 unspecified atom stereocenters. The Morgan fingerprint density at radius 1 is 2.00 bits per heavy atom. The van der Waals surface area contributed by atoms with Gasteiger partial charge in [-0.15, -0.1) is 0 Å². The lowest BCUT2D eigenvalue weighted by atomic mass is 10.5. The first-order valence-corrected chi connectivity index (χ1v) is 1.37. The molecule has 1 aliphatic rings. The average Bonchev–Trinajstić information content (AvgIpc) is 1.30. The SMILES string of the molecule is [O-]C1=COC1. The van der Waals surface area contributed by atoms with Gasteiger partial charge in [-0.3, -0.25) is 0 Å². The van der Waals surface area contributed by atoms with Crippen molar-refractivity contribution in [1.29, 1.82) is 0 Å². The molecular formula is C3H3O2-. The van der Waals surface area contributed by atoms with Crippen molar-refractivity contribution < 1.29 is 9.84 Å². The van der Waals surface area contributed by atoms with E-state index >= 15 is 0 Å². The van der Waals surface area contributed by atoms with Crippen LogP contribution in [-0.2, 0) is 4.74 Å². The molecule has 1 heterocycles. The molecule has 28 valence electrons. The number of hydrogen-bond acceptors (Lipinski definition) is 2. The summed E-state index contributed by atoms with van der Waals surface area (Å²) in [6.45, 7) is 0.292. The van der Waals surface area contributed by atoms with Gasteiger partial charge < -0.3 is 9.84 Å². The van der Waals surface area contributed by atoms with Crippen molar-refractivity contribution in [3.8, 4) is 0 Å². The maximum Gasteiger partial charge on any atom is 0.101 e. The maximum atomic E-state index is 9.72. The second kappa shape index (κ2) is 0.641. The maximum absolute atomic E-state index is 9.72. The van der Waals surface area contributed by atoms with Crippen molar-refractivity contribution in [2.24, 2.45) is 0 Å². The molecule has 0 saturated carbocycles. The largest absolute Gasteiger partial charge is 0.871 e. The topological polar surface area (TPSA) is 32.3 Å². The lowest BCUT2D eigenvalue weighted by Crippen LogP contribution is -2.16. The minimum Gasteiger partial charge on any atom is -0.871 e. The van der Waals surface area contributed by atoms with E-state index in [1.165, 1.54) is 6.26 Å². The summed E-state index contributed by atoms with van der Waals surface area (Å²) in [4.78, 5) is 0. The van der Waals surface area contributed by atoms with Crippen molar-refractivity contribution in [2.75, 3.05) is 6.61 Å². The monoisotopic (exact) mass is 71.0 g/mol. The Morgan fingerprint density at radius 3 is 2.40 bits per heavy atom. The molecule has 2 heteroatoms. The average molecular weight is 71.1 g/mol. The summed E-state index contributed by atoms with van der Waals surface area (Å²) in [5.74, 6) is 0.0880. The molecule has 1 aliphatic heterocycles. The van der Waals surface area contributed by atoms with Crippen LogP contribution in [0.15, 0.2) is 12.0 Å². The number of hydrogen-bond donors (Lipinski definition) is 0. The standard InChI is InChI=1S/C3H4O2/c4-3-1-5-2-3/h1,4H,2H2/p-1. The van der Waals surface area contributed by atoms with E-state index in [1.807, 2.05) is 0 Å². The van der Waals surface area contributed by atoms with Crippen LogP contribution in [0, 0.1) is 0 Å². The van der Waals surface area contributed by atoms with E-state index in [0.29, 0.717) is 6.61 Å². The van der Waals surface area contributed by atoms with E-state index in [1.54, 1.807) is 0 Å². The summed E-state index contributed by atoms with van der Waals surface area (Å²) >= 11 is 0. The fourth-order valence-electron chi connectivity index (χ4n) is 0.151. The normalized spacial score (nSPS) is 18.8. The highest BCUT2D eigenvalue weighted by atomic mass is 16.5. The Hall–Kier alpha value is -0.660. The van der Waals surface area contributed by atoms with E-state index in [-0.39, 0.29) is 5.76 Å². The predicted molar refractivity (Wildman–Crippen MR) is 14.0 cm³/mol. The van der Waals surface area contributed by atoms with Gasteiger partial charge in [0.1, 0.15) is 6.61 Å². The van der Waals surface area contributed by atoms with E-state index in [9.17, 15) is 5.11 Å².